The molecule has 3 aromatic rings. The summed E-state index contributed by atoms with van der Waals surface area (Å²) in [6.07, 6.45) is 2.89. The van der Waals surface area contributed by atoms with Crippen molar-refractivity contribution in [3.8, 4) is 0 Å². The minimum absolute atomic E-state index is 0.181. The van der Waals surface area contributed by atoms with E-state index in [0.29, 0.717) is 12.2 Å². The fourth-order valence-corrected chi connectivity index (χ4v) is 2.42. The molecule has 1 aromatic heterocycles. The summed E-state index contributed by atoms with van der Waals surface area (Å²) >= 11 is 0. The van der Waals surface area contributed by atoms with Gasteiger partial charge < -0.3 is 15.7 Å². The molecule has 0 aliphatic heterocycles. The van der Waals surface area contributed by atoms with E-state index in [2.05, 4.69) is 20.7 Å². The van der Waals surface area contributed by atoms with E-state index in [-0.39, 0.29) is 11.5 Å². The van der Waals surface area contributed by atoms with Crippen molar-refractivity contribution < 1.29 is 14.7 Å². The number of benzene rings is 2. The van der Waals surface area contributed by atoms with E-state index in [1.807, 2.05) is 24.3 Å². The number of amides is 1. The van der Waals surface area contributed by atoms with Gasteiger partial charge in [-0.2, -0.15) is 5.10 Å². The zero-order valence-corrected chi connectivity index (χ0v) is 14.7. The van der Waals surface area contributed by atoms with E-state index in [4.69, 9.17) is 5.11 Å². The maximum atomic E-state index is 12.2. The van der Waals surface area contributed by atoms with Gasteiger partial charge in [-0.3, -0.25) is 4.79 Å². The normalized spacial score (nSPS) is 11.6. The third-order valence-corrected chi connectivity index (χ3v) is 4.06. The molecule has 0 fully saturated rings. The molecule has 0 aliphatic carbocycles. The number of carbonyl (C=O) groups excluding carboxylic acids is 1. The minimum atomic E-state index is -0.940. The molecule has 27 heavy (non-hydrogen) atoms. The Kier molecular flexibility index (Phi) is 5.46. The largest absolute Gasteiger partial charge is 0.478 e. The lowest BCUT2D eigenvalue weighted by molar-refractivity contribution is -0.119. The fraction of sp³-hybridized carbons (Fsp3) is 0.158. The zero-order chi connectivity index (χ0) is 19.2. The van der Waals surface area contributed by atoms with Crippen LogP contribution in [0.1, 0.15) is 28.9 Å². The van der Waals surface area contributed by atoms with Gasteiger partial charge in [-0.25, -0.2) is 14.5 Å². The van der Waals surface area contributed by atoms with Gasteiger partial charge in [-0.15, -0.1) is 0 Å². The van der Waals surface area contributed by atoms with Gasteiger partial charge in [0.15, 0.2) is 0 Å². The van der Waals surface area contributed by atoms with Crippen molar-refractivity contribution in [2.24, 2.45) is 0 Å². The van der Waals surface area contributed by atoms with Crippen LogP contribution < -0.4 is 10.6 Å². The number of hydrogen-bond donors (Lipinski definition) is 3. The van der Waals surface area contributed by atoms with E-state index in [9.17, 15) is 9.59 Å². The number of aromatic carboxylic acids is 1. The van der Waals surface area contributed by atoms with Gasteiger partial charge in [0, 0.05) is 17.9 Å². The number of carboxylic acids is 1. The van der Waals surface area contributed by atoms with E-state index >= 15 is 0 Å². The fourth-order valence-electron chi connectivity index (χ4n) is 2.42. The molecule has 3 N–H and O–H groups in total. The Balaban J connectivity index is 1.54. The van der Waals surface area contributed by atoms with Gasteiger partial charge >= 0.3 is 5.97 Å². The maximum Gasteiger partial charge on any atom is 0.335 e. The van der Waals surface area contributed by atoms with Gasteiger partial charge in [-0.1, -0.05) is 12.1 Å². The van der Waals surface area contributed by atoms with Crippen molar-refractivity contribution in [1.82, 2.24) is 14.8 Å². The number of rotatable bonds is 7. The number of carboxylic acid groups (broad SMARTS) is 1. The monoisotopic (exact) mass is 365 g/mol. The Morgan fingerprint density at radius 2 is 1.74 bits per heavy atom. The summed E-state index contributed by atoms with van der Waals surface area (Å²) in [5, 5.41) is 19.0. The second-order valence-electron chi connectivity index (χ2n) is 5.97. The van der Waals surface area contributed by atoms with Crippen molar-refractivity contribution in [3.05, 3.63) is 72.3 Å². The van der Waals surface area contributed by atoms with Gasteiger partial charge in [0.05, 0.1) is 5.56 Å². The van der Waals surface area contributed by atoms with Gasteiger partial charge in [-0.05, 0) is 48.9 Å². The predicted molar refractivity (Wildman–Crippen MR) is 101 cm³/mol. The average molecular weight is 365 g/mol. The SMILES string of the molecule is CC(C(=O)Nc1ccc(NCc2ccc(C(=O)O)cc2)cc1)n1cncn1. The highest BCUT2D eigenvalue weighted by atomic mass is 16.4. The highest BCUT2D eigenvalue weighted by molar-refractivity contribution is 5.93. The van der Waals surface area contributed by atoms with Crippen LogP contribution in [0.25, 0.3) is 0 Å². The van der Waals surface area contributed by atoms with E-state index in [1.165, 1.54) is 17.3 Å². The van der Waals surface area contributed by atoms with Crippen LogP contribution in [0.5, 0.6) is 0 Å². The Morgan fingerprint density at radius 1 is 1.07 bits per heavy atom. The highest BCUT2D eigenvalue weighted by Gasteiger charge is 2.15. The molecule has 1 amide bonds. The quantitative estimate of drug-likeness (QED) is 0.594. The summed E-state index contributed by atoms with van der Waals surface area (Å²) < 4.78 is 1.49. The standard InChI is InChI=1S/C19H19N5O3/c1-13(24-12-20-11-22-24)18(25)23-17-8-6-16(7-9-17)21-10-14-2-4-15(5-3-14)19(26)27/h2-9,11-13,21H,10H2,1H3,(H,23,25)(H,26,27). The van der Waals surface area contributed by atoms with Crippen molar-refractivity contribution in [2.45, 2.75) is 19.5 Å². The zero-order valence-electron chi connectivity index (χ0n) is 14.7. The predicted octanol–water partition coefficient (Wildman–Crippen LogP) is 2.79. The Morgan fingerprint density at radius 3 is 2.33 bits per heavy atom. The van der Waals surface area contributed by atoms with Crippen LogP contribution in [0.15, 0.2) is 61.2 Å². The van der Waals surface area contributed by atoms with Crippen LogP contribution in [-0.2, 0) is 11.3 Å². The third kappa shape index (κ3) is 4.69. The molecule has 1 atom stereocenters. The Hall–Kier alpha value is -3.68. The topological polar surface area (TPSA) is 109 Å². The van der Waals surface area contributed by atoms with Crippen molar-refractivity contribution in [1.29, 1.82) is 0 Å². The molecule has 0 bridgehead atoms. The molecular formula is C19H19N5O3. The molecule has 2 aromatic carbocycles. The molecule has 0 aliphatic rings. The number of anilines is 2. The molecule has 8 heteroatoms. The van der Waals surface area contributed by atoms with Crippen molar-refractivity contribution >= 4 is 23.3 Å². The molecule has 0 radical (unpaired) electrons. The molecule has 138 valence electrons. The number of carbonyl (C=O) groups is 2. The molecule has 8 nitrogen and oxygen atoms in total. The third-order valence-electron chi connectivity index (χ3n) is 4.06. The lowest BCUT2D eigenvalue weighted by Crippen LogP contribution is -2.24. The summed E-state index contributed by atoms with van der Waals surface area (Å²) in [7, 11) is 0. The number of aromatic nitrogens is 3. The van der Waals surface area contributed by atoms with Gasteiger partial charge in [0.25, 0.3) is 0 Å². The highest BCUT2D eigenvalue weighted by Crippen LogP contribution is 2.16. The molecular weight excluding hydrogens is 346 g/mol. The lowest BCUT2D eigenvalue weighted by atomic mass is 10.1. The summed E-state index contributed by atoms with van der Waals surface area (Å²) in [4.78, 5) is 26.9. The number of nitrogens with one attached hydrogen (secondary N) is 2. The van der Waals surface area contributed by atoms with Crippen LogP contribution >= 0.6 is 0 Å². The summed E-state index contributed by atoms with van der Waals surface area (Å²) in [6.45, 7) is 2.31. The summed E-state index contributed by atoms with van der Waals surface area (Å²) in [5.41, 5.74) is 2.81. The molecule has 3 rings (SSSR count). The molecule has 1 unspecified atom stereocenters. The van der Waals surface area contributed by atoms with Crippen LogP contribution in [-0.4, -0.2) is 31.7 Å². The number of nitrogens with zero attached hydrogens (tertiary/aromatic N) is 3. The lowest BCUT2D eigenvalue weighted by Gasteiger charge is -2.13. The Labute approximate surface area is 155 Å². The summed E-state index contributed by atoms with van der Waals surface area (Å²) in [6, 6.07) is 13.6. The van der Waals surface area contributed by atoms with Crippen LogP contribution in [0.3, 0.4) is 0 Å². The average Bonchev–Trinajstić information content (AvgIpc) is 3.22. The first-order chi connectivity index (χ1) is 13.0. The van der Waals surface area contributed by atoms with Crippen LogP contribution in [0.4, 0.5) is 11.4 Å². The molecule has 1 heterocycles. The first-order valence-corrected chi connectivity index (χ1v) is 8.34. The second-order valence-corrected chi connectivity index (χ2v) is 5.97. The molecule has 0 saturated carbocycles. The van der Waals surface area contributed by atoms with E-state index < -0.39 is 12.0 Å². The maximum absolute atomic E-state index is 12.2. The van der Waals surface area contributed by atoms with Crippen LogP contribution in [0.2, 0.25) is 0 Å². The first kappa shape index (κ1) is 18.1. The summed E-state index contributed by atoms with van der Waals surface area (Å²) in [5.74, 6) is -1.12. The molecule has 0 spiro atoms. The van der Waals surface area contributed by atoms with E-state index in [0.717, 1.165) is 11.3 Å². The second kappa shape index (κ2) is 8.13. The smallest absolute Gasteiger partial charge is 0.335 e. The van der Waals surface area contributed by atoms with Crippen LogP contribution in [0, 0.1) is 0 Å². The van der Waals surface area contributed by atoms with E-state index in [1.54, 1.807) is 31.2 Å². The molecule has 0 saturated heterocycles. The van der Waals surface area contributed by atoms with Gasteiger partial charge in [0.2, 0.25) is 5.91 Å². The minimum Gasteiger partial charge on any atom is -0.478 e. The van der Waals surface area contributed by atoms with Crippen molar-refractivity contribution in [2.75, 3.05) is 10.6 Å². The number of hydrogen-bond acceptors (Lipinski definition) is 5. The van der Waals surface area contributed by atoms with Gasteiger partial charge in [0.1, 0.15) is 18.7 Å². The van der Waals surface area contributed by atoms with Crippen molar-refractivity contribution in [3.63, 3.8) is 0 Å². The Bertz CT molecular complexity index is 906. The first-order valence-electron chi connectivity index (χ1n) is 8.34.